The number of aliphatic hydroxyl groups excluding tert-OH is 3. The minimum atomic E-state index is -0.244. The van der Waals surface area contributed by atoms with Crippen molar-refractivity contribution in [3.8, 4) is 0 Å². The lowest BCUT2D eigenvalue weighted by Gasteiger charge is -2.74. The van der Waals surface area contributed by atoms with Crippen molar-refractivity contribution in [2.45, 2.75) is 132 Å². The maximum atomic E-state index is 13.0. The molecule has 5 aliphatic carbocycles. The summed E-state index contributed by atoms with van der Waals surface area (Å²) >= 11 is 0. The molecule has 0 spiro atoms. The number of hydrogen-bond donors (Lipinski definition) is 3. The summed E-state index contributed by atoms with van der Waals surface area (Å²) in [5.74, 6) is 1.87. The first kappa shape index (κ1) is 32.7. The van der Waals surface area contributed by atoms with Crippen molar-refractivity contribution in [1.29, 1.82) is 0 Å². The van der Waals surface area contributed by atoms with Gasteiger partial charge in [0.15, 0.2) is 0 Å². The van der Waals surface area contributed by atoms with E-state index in [0.717, 1.165) is 19.3 Å². The Kier molecular flexibility index (Phi) is 8.55. The van der Waals surface area contributed by atoms with Crippen molar-refractivity contribution in [2.24, 2.45) is 56.2 Å². The second kappa shape index (κ2) is 11.0. The Hall–Kier alpha value is -0.690. The minimum absolute atomic E-state index is 0.00309. The Morgan fingerprint density at radius 3 is 2.05 bits per heavy atom. The van der Waals surface area contributed by atoms with Crippen molar-refractivity contribution in [3.05, 3.63) is 0 Å². The van der Waals surface area contributed by atoms with Gasteiger partial charge in [0.25, 0.3) is 0 Å². The van der Waals surface area contributed by atoms with E-state index in [9.17, 15) is 20.1 Å². The van der Waals surface area contributed by atoms with E-state index >= 15 is 0 Å². The van der Waals surface area contributed by atoms with Gasteiger partial charge < -0.3 is 20.1 Å². The van der Waals surface area contributed by atoms with Crippen LogP contribution in [0.3, 0.4) is 0 Å². The zero-order chi connectivity index (χ0) is 30.9. The van der Waals surface area contributed by atoms with Gasteiger partial charge >= 0.3 is 5.97 Å². The van der Waals surface area contributed by atoms with Gasteiger partial charge in [0.1, 0.15) is 6.10 Å². The molecule has 0 aromatic carbocycles. The van der Waals surface area contributed by atoms with Crippen LogP contribution in [0.1, 0.15) is 120 Å². The Bertz CT molecular complexity index is 1010. The Morgan fingerprint density at radius 2 is 1.40 bits per heavy atom. The summed E-state index contributed by atoms with van der Waals surface area (Å²) in [5, 5.41) is 30.6. The number of carbonyl (C=O) groups is 1. The second-order valence-corrected chi connectivity index (χ2v) is 17.8. The molecule has 5 rings (SSSR count). The molecule has 0 aromatic heterocycles. The molecule has 0 saturated heterocycles. The van der Waals surface area contributed by atoms with Crippen LogP contribution in [0.15, 0.2) is 0 Å². The van der Waals surface area contributed by atoms with Crippen LogP contribution >= 0.6 is 0 Å². The summed E-state index contributed by atoms with van der Waals surface area (Å²) in [7, 11) is 0. The molecule has 6 nitrogen and oxygen atoms in total. The van der Waals surface area contributed by atoms with Gasteiger partial charge in [-0.1, -0.05) is 55.4 Å². The van der Waals surface area contributed by atoms with E-state index in [0.29, 0.717) is 36.8 Å². The largest absolute Gasteiger partial charge is 0.461 e. The maximum Gasteiger partial charge on any atom is 0.320 e. The number of rotatable bonds is 7. The molecule has 3 N–H and O–H groups in total. The zero-order valence-electron chi connectivity index (χ0n) is 28.2. The van der Waals surface area contributed by atoms with Crippen molar-refractivity contribution >= 4 is 5.97 Å². The summed E-state index contributed by atoms with van der Waals surface area (Å²) < 4.78 is 6.22. The number of nitrogens with zero attached hydrogens (tertiary/aromatic N) is 1. The molecule has 0 amide bonds. The van der Waals surface area contributed by atoms with Crippen LogP contribution in [0.2, 0.25) is 0 Å². The first-order valence-electron chi connectivity index (χ1n) is 17.3. The number of hydrogen-bond acceptors (Lipinski definition) is 6. The van der Waals surface area contributed by atoms with Crippen molar-refractivity contribution < 1.29 is 24.9 Å². The molecule has 0 bridgehead atoms. The summed E-state index contributed by atoms with van der Waals surface area (Å²) in [6.07, 6.45) is 11.4. The first-order chi connectivity index (χ1) is 19.5. The molecule has 0 aliphatic heterocycles. The first-order valence-corrected chi connectivity index (χ1v) is 17.3. The Morgan fingerprint density at radius 1 is 0.762 bits per heavy atom. The average Bonchev–Trinajstić information content (AvgIpc) is 2.90. The standard InChI is InChI=1S/C36H63NO5/c1-31(2)15-16-33(5)17-18-35(7)24(29(33)30(31)41)9-10-26-34(6)13-12-27(32(3,4)25(34)11-14-36(26,35)8)42-28(40)23-37(19-21-38)20-22-39/h24-27,29-30,38-39,41H,9-23H2,1-8H3/t24-,25+,26-,27+,29+,30-,33-,34+,35-,36-/m1/s1. The van der Waals surface area contributed by atoms with Crippen LogP contribution < -0.4 is 0 Å². The minimum Gasteiger partial charge on any atom is -0.461 e. The fourth-order valence-electron chi connectivity index (χ4n) is 12.5. The molecule has 5 fully saturated rings. The fraction of sp³-hybridized carbons (Fsp3) is 0.972. The van der Waals surface area contributed by atoms with Crippen LogP contribution in [0.4, 0.5) is 0 Å². The molecule has 10 atom stereocenters. The highest BCUT2D eigenvalue weighted by molar-refractivity contribution is 5.72. The maximum absolute atomic E-state index is 13.0. The SMILES string of the molecule is CC1(C)CC[C@]2(C)CC[C@]3(C)[C@H](CC[C@@H]4[C@@]5(C)CC[C@H](OC(=O)CN(CCO)CCO)C(C)(C)[C@@H]5CC[C@]43C)[C@H]2[C@H]1O. The molecule has 0 radical (unpaired) electrons. The van der Waals surface area contributed by atoms with Gasteiger partial charge in [0.05, 0.1) is 25.9 Å². The molecular weight excluding hydrogens is 526 g/mol. The zero-order valence-corrected chi connectivity index (χ0v) is 28.2. The van der Waals surface area contributed by atoms with Gasteiger partial charge in [0.2, 0.25) is 0 Å². The molecular formula is C36H63NO5. The number of fused-ring (bicyclic) bond motifs is 7. The van der Waals surface area contributed by atoms with Gasteiger partial charge in [-0.25, -0.2) is 0 Å². The molecule has 0 heterocycles. The average molecular weight is 590 g/mol. The van der Waals surface area contributed by atoms with E-state index in [1.807, 2.05) is 0 Å². The summed E-state index contributed by atoms with van der Waals surface area (Å²) in [6, 6.07) is 0. The van der Waals surface area contributed by atoms with Gasteiger partial charge in [0, 0.05) is 18.5 Å². The van der Waals surface area contributed by atoms with E-state index in [1.165, 1.54) is 44.9 Å². The Balaban J connectivity index is 1.37. The van der Waals surface area contributed by atoms with Crippen molar-refractivity contribution in [3.63, 3.8) is 0 Å². The normalized spacial score (nSPS) is 47.5. The van der Waals surface area contributed by atoms with Crippen molar-refractivity contribution in [1.82, 2.24) is 4.90 Å². The van der Waals surface area contributed by atoms with Crippen LogP contribution in [0.25, 0.3) is 0 Å². The highest BCUT2D eigenvalue weighted by atomic mass is 16.5. The third-order valence-corrected chi connectivity index (χ3v) is 15.3. The molecule has 0 aromatic rings. The second-order valence-electron chi connectivity index (χ2n) is 17.8. The van der Waals surface area contributed by atoms with E-state index in [2.05, 4.69) is 55.4 Å². The lowest BCUT2D eigenvalue weighted by atomic mass is 9.31. The van der Waals surface area contributed by atoms with E-state index in [-0.39, 0.29) is 70.4 Å². The predicted octanol–water partition coefficient (Wildman–Crippen LogP) is 6.06. The molecule has 5 aliphatic rings. The predicted molar refractivity (Wildman–Crippen MR) is 167 cm³/mol. The number of carbonyl (C=O) groups excluding carboxylic acids is 1. The van der Waals surface area contributed by atoms with Crippen molar-refractivity contribution in [2.75, 3.05) is 32.8 Å². The lowest BCUT2D eigenvalue weighted by Crippen LogP contribution is -2.68. The Labute approximate surface area is 256 Å². The van der Waals surface area contributed by atoms with Crippen LogP contribution in [-0.4, -0.2) is 71.2 Å². The van der Waals surface area contributed by atoms with Gasteiger partial charge in [-0.2, -0.15) is 0 Å². The third-order valence-electron chi connectivity index (χ3n) is 15.3. The van der Waals surface area contributed by atoms with Crippen LogP contribution in [0, 0.1) is 56.2 Å². The molecule has 5 saturated carbocycles. The van der Waals surface area contributed by atoms with Gasteiger partial charge in [-0.15, -0.1) is 0 Å². The number of aliphatic hydroxyl groups is 3. The fourth-order valence-corrected chi connectivity index (χ4v) is 12.5. The summed E-state index contributed by atoms with van der Waals surface area (Å²) in [6.45, 7) is 20.4. The highest BCUT2D eigenvalue weighted by Gasteiger charge is 2.70. The molecule has 42 heavy (non-hydrogen) atoms. The van der Waals surface area contributed by atoms with Crippen LogP contribution in [-0.2, 0) is 9.53 Å². The van der Waals surface area contributed by atoms with Crippen LogP contribution in [0.5, 0.6) is 0 Å². The van der Waals surface area contributed by atoms with Gasteiger partial charge in [-0.3, -0.25) is 9.69 Å². The monoisotopic (exact) mass is 589 g/mol. The quantitative estimate of drug-likeness (QED) is 0.313. The topological polar surface area (TPSA) is 90.2 Å². The molecule has 242 valence electrons. The highest BCUT2D eigenvalue weighted by Crippen LogP contribution is 2.77. The molecule has 6 heteroatoms. The third kappa shape index (κ3) is 4.83. The van der Waals surface area contributed by atoms with E-state index < -0.39 is 0 Å². The summed E-state index contributed by atoms with van der Waals surface area (Å²) in [5.41, 5.74) is 0.832. The molecule has 0 unspecified atom stereocenters. The van der Waals surface area contributed by atoms with Gasteiger partial charge in [-0.05, 0) is 115 Å². The van der Waals surface area contributed by atoms with E-state index in [4.69, 9.17) is 4.74 Å². The van der Waals surface area contributed by atoms with E-state index in [1.54, 1.807) is 4.90 Å². The lowest BCUT2D eigenvalue weighted by molar-refractivity contribution is -0.267. The smallest absolute Gasteiger partial charge is 0.320 e. The summed E-state index contributed by atoms with van der Waals surface area (Å²) in [4.78, 5) is 14.8. The number of esters is 1. The number of ether oxygens (including phenoxy) is 1.